The molecule has 1 aliphatic rings. The zero-order valence-corrected chi connectivity index (χ0v) is 18.6. The summed E-state index contributed by atoms with van der Waals surface area (Å²) in [4.78, 5) is 31.3. The fraction of sp³-hybridized carbons (Fsp3) is 0.375. The zero-order chi connectivity index (χ0) is 22.8. The van der Waals surface area contributed by atoms with Gasteiger partial charge in [-0.3, -0.25) is 9.59 Å². The number of primary amides is 1. The van der Waals surface area contributed by atoms with E-state index in [0.29, 0.717) is 23.6 Å². The number of rotatable bonds is 7. The molecule has 1 aliphatic heterocycles. The van der Waals surface area contributed by atoms with E-state index in [0.717, 1.165) is 29.7 Å². The molecule has 8 heteroatoms. The van der Waals surface area contributed by atoms with Gasteiger partial charge in [0.15, 0.2) is 18.1 Å². The number of hydrogen-bond acceptors (Lipinski definition) is 5. The minimum absolute atomic E-state index is 0.0883. The molecule has 1 atom stereocenters. The van der Waals surface area contributed by atoms with Crippen molar-refractivity contribution < 1.29 is 19.1 Å². The smallest absolute Gasteiger partial charge is 0.255 e. The predicted octanol–water partition coefficient (Wildman–Crippen LogP) is 3.47. The number of hydrogen-bond donors (Lipinski definition) is 1. The maximum absolute atomic E-state index is 13.5. The highest BCUT2D eigenvalue weighted by Crippen LogP contribution is 2.37. The highest BCUT2D eigenvalue weighted by molar-refractivity contribution is 5.95. The molecule has 0 spiro atoms. The molecule has 1 saturated heterocycles. The lowest BCUT2D eigenvalue weighted by Crippen LogP contribution is -2.32. The summed E-state index contributed by atoms with van der Waals surface area (Å²) in [6, 6.07) is 13.1. The molecule has 2 heterocycles. The largest absolute Gasteiger partial charge is 0.493 e. The van der Waals surface area contributed by atoms with Crippen LogP contribution in [0, 0.1) is 0 Å². The van der Waals surface area contributed by atoms with Crippen LogP contribution in [0.5, 0.6) is 11.5 Å². The Kier molecular flexibility index (Phi) is 6.03. The SMILES string of the molecule is COc1cc(C(=O)N2CCC[C@@H]2c2nc3ccccc3n2C(C)C)ccc1OCC(N)=O. The maximum Gasteiger partial charge on any atom is 0.255 e. The number of methoxy groups -OCH3 is 1. The van der Waals surface area contributed by atoms with Gasteiger partial charge in [0.1, 0.15) is 5.82 Å². The van der Waals surface area contributed by atoms with Crippen molar-refractivity contribution in [1.29, 1.82) is 0 Å². The number of benzene rings is 2. The van der Waals surface area contributed by atoms with Gasteiger partial charge in [0.05, 0.1) is 24.2 Å². The topological polar surface area (TPSA) is 99.7 Å². The number of aromatic nitrogens is 2. The minimum Gasteiger partial charge on any atom is -0.493 e. The second-order valence-corrected chi connectivity index (χ2v) is 8.20. The summed E-state index contributed by atoms with van der Waals surface area (Å²) >= 11 is 0. The summed E-state index contributed by atoms with van der Waals surface area (Å²) in [6.07, 6.45) is 1.77. The van der Waals surface area contributed by atoms with E-state index >= 15 is 0 Å². The molecule has 0 bridgehead atoms. The molecule has 2 N–H and O–H groups in total. The van der Waals surface area contributed by atoms with Gasteiger partial charge in [0, 0.05) is 18.2 Å². The van der Waals surface area contributed by atoms with Crippen LogP contribution in [0.15, 0.2) is 42.5 Å². The first kappa shape index (κ1) is 21.7. The Morgan fingerprint density at radius 2 is 1.97 bits per heavy atom. The number of likely N-dealkylation sites (tertiary alicyclic amines) is 1. The number of carbonyl (C=O) groups is 2. The second kappa shape index (κ2) is 8.90. The molecule has 0 radical (unpaired) electrons. The third-order valence-corrected chi connectivity index (χ3v) is 5.73. The monoisotopic (exact) mass is 436 g/mol. The molecule has 0 unspecified atom stereocenters. The summed E-state index contributed by atoms with van der Waals surface area (Å²) in [5.74, 6) is 0.986. The van der Waals surface area contributed by atoms with Gasteiger partial charge < -0.3 is 24.7 Å². The number of nitrogens with two attached hydrogens (primary N) is 1. The van der Waals surface area contributed by atoms with Gasteiger partial charge >= 0.3 is 0 Å². The maximum atomic E-state index is 13.5. The standard InChI is InChI=1S/C24H28N4O4/c1-15(2)28-18-8-5-4-7-17(18)26-23(28)19-9-6-12-27(19)24(30)16-10-11-20(21(13-16)31-3)32-14-22(25)29/h4-5,7-8,10-11,13,15,19H,6,9,12,14H2,1-3H3,(H2,25,29)/t19-/m1/s1. The minimum atomic E-state index is -0.583. The lowest BCUT2D eigenvalue weighted by molar-refractivity contribution is -0.119. The van der Waals surface area contributed by atoms with E-state index < -0.39 is 5.91 Å². The van der Waals surface area contributed by atoms with Crippen molar-refractivity contribution >= 4 is 22.8 Å². The van der Waals surface area contributed by atoms with Crippen molar-refractivity contribution in [2.75, 3.05) is 20.3 Å². The van der Waals surface area contributed by atoms with Gasteiger partial charge in [-0.25, -0.2) is 4.98 Å². The van der Waals surface area contributed by atoms with Crippen LogP contribution in [-0.2, 0) is 4.79 Å². The van der Waals surface area contributed by atoms with Crippen molar-refractivity contribution in [3.05, 3.63) is 53.9 Å². The van der Waals surface area contributed by atoms with Crippen molar-refractivity contribution in [2.45, 2.75) is 38.8 Å². The molecule has 0 aliphatic carbocycles. The molecule has 1 aromatic heterocycles. The Morgan fingerprint density at radius 1 is 1.19 bits per heavy atom. The Bertz CT molecular complexity index is 1150. The normalized spacial score (nSPS) is 16.0. The molecule has 32 heavy (non-hydrogen) atoms. The second-order valence-electron chi connectivity index (χ2n) is 8.20. The van der Waals surface area contributed by atoms with E-state index in [4.69, 9.17) is 20.2 Å². The molecule has 0 saturated carbocycles. The number of nitrogens with zero attached hydrogens (tertiary/aromatic N) is 3. The Morgan fingerprint density at radius 3 is 2.69 bits per heavy atom. The Labute approximate surface area is 186 Å². The summed E-state index contributed by atoms with van der Waals surface area (Å²) < 4.78 is 13.0. The molecule has 2 aromatic carbocycles. The van der Waals surface area contributed by atoms with Gasteiger partial charge in [-0.15, -0.1) is 0 Å². The van der Waals surface area contributed by atoms with Crippen molar-refractivity contribution in [1.82, 2.24) is 14.5 Å². The van der Waals surface area contributed by atoms with E-state index in [1.165, 1.54) is 7.11 Å². The highest BCUT2D eigenvalue weighted by atomic mass is 16.5. The number of ether oxygens (including phenoxy) is 2. The lowest BCUT2D eigenvalue weighted by atomic mass is 10.1. The molecule has 1 fully saturated rings. The number of amides is 2. The van der Waals surface area contributed by atoms with Crippen LogP contribution in [0.2, 0.25) is 0 Å². The molecule has 8 nitrogen and oxygen atoms in total. The van der Waals surface area contributed by atoms with Crippen LogP contribution < -0.4 is 15.2 Å². The quantitative estimate of drug-likeness (QED) is 0.611. The molecular weight excluding hydrogens is 408 g/mol. The van der Waals surface area contributed by atoms with Gasteiger partial charge in [0.2, 0.25) is 0 Å². The number of para-hydroxylation sites is 2. The fourth-order valence-corrected chi connectivity index (χ4v) is 4.35. The van der Waals surface area contributed by atoms with Gasteiger partial charge in [-0.05, 0) is 57.0 Å². The molecule has 168 valence electrons. The van der Waals surface area contributed by atoms with E-state index in [-0.39, 0.29) is 24.6 Å². The Hall–Kier alpha value is -3.55. The van der Waals surface area contributed by atoms with Crippen LogP contribution >= 0.6 is 0 Å². The highest BCUT2D eigenvalue weighted by Gasteiger charge is 2.35. The first-order valence-corrected chi connectivity index (χ1v) is 10.8. The third kappa shape index (κ3) is 4.00. The molecule has 2 amide bonds. The summed E-state index contributed by atoms with van der Waals surface area (Å²) in [5.41, 5.74) is 7.66. The number of fused-ring (bicyclic) bond motifs is 1. The summed E-state index contributed by atoms with van der Waals surface area (Å²) in [7, 11) is 1.49. The lowest BCUT2D eigenvalue weighted by Gasteiger charge is -2.26. The van der Waals surface area contributed by atoms with E-state index in [1.807, 2.05) is 23.1 Å². The van der Waals surface area contributed by atoms with Gasteiger partial charge in [0.25, 0.3) is 11.8 Å². The predicted molar refractivity (Wildman–Crippen MR) is 121 cm³/mol. The van der Waals surface area contributed by atoms with Crippen LogP contribution in [0.4, 0.5) is 0 Å². The van der Waals surface area contributed by atoms with Crippen LogP contribution in [0.25, 0.3) is 11.0 Å². The summed E-state index contributed by atoms with van der Waals surface area (Å²) in [6.45, 7) is 4.67. The van der Waals surface area contributed by atoms with E-state index in [9.17, 15) is 9.59 Å². The first-order chi connectivity index (χ1) is 15.4. The summed E-state index contributed by atoms with van der Waals surface area (Å²) in [5, 5.41) is 0. The van der Waals surface area contributed by atoms with Gasteiger partial charge in [-0.1, -0.05) is 12.1 Å². The fourth-order valence-electron chi connectivity index (χ4n) is 4.35. The number of carbonyl (C=O) groups excluding carboxylic acids is 2. The molecule has 3 aromatic rings. The molecular formula is C24H28N4O4. The number of imidazole rings is 1. The average Bonchev–Trinajstić information content (AvgIpc) is 3.41. The van der Waals surface area contributed by atoms with Crippen molar-refractivity contribution in [3.8, 4) is 11.5 Å². The van der Waals surface area contributed by atoms with Crippen LogP contribution in [0.3, 0.4) is 0 Å². The van der Waals surface area contributed by atoms with Crippen molar-refractivity contribution in [3.63, 3.8) is 0 Å². The molecule has 4 rings (SSSR count). The van der Waals surface area contributed by atoms with E-state index in [2.05, 4.69) is 24.5 Å². The van der Waals surface area contributed by atoms with Crippen LogP contribution in [0.1, 0.15) is 55.0 Å². The van der Waals surface area contributed by atoms with Crippen LogP contribution in [-0.4, -0.2) is 46.5 Å². The van der Waals surface area contributed by atoms with Crippen molar-refractivity contribution in [2.24, 2.45) is 5.73 Å². The van der Waals surface area contributed by atoms with E-state index in [1.54, 1.807) is 18.2 Å². The first-order valence-electron chi connectivity index (χ1n) is 10.8. The Balaban J connectivity index is 1.66. The average molecular weight is 437 g/mol. The third-order valence-electron chi connectivity index (χ3n) is 5.73. The van der Waals surface area contributed by atoms with Gasteiger partial charge in [-0.2, -0.15) is 0 Å². The zero-order valence-electron chi connectivity index (χ0n) is 18.6.